The van der Waals surface area contributed by atoms with Gasteiger partial charge in [0.1, 0.15) is 0 Å². The van der Waals surface area contributed by atoms with Gasteiger partial charge in [-0.3, -0.25) is 9.69 Å². The summed E-state index contributed by atoms with van der Waals surface area (Å²) in [5, 5.41) is 12.4. The molecule has 0 spiro atoms. The topological polar surface area (TPSA) is 61.8 Å². The molecule has 5 nitrogen and oxygen atoms in total. The van der Waals surface area contributed by atoms with Crippen molar-refractivity contribution in [3.8, 4) is 0 Å². The van der Waals surface area contributed by atoms with Crippen LogP contribution in [-0.4, -0.2) is 49.3 Å². The summed E-state index contributed by atoms with van der Waals surface area (Å²) in [6.07, 6.45) is -0.492. The molecule has 0 saturated carbocycles. The number of benzene rings is 1. The number of methoxy groups -OCH3 is 1. The molecule has 5 heteroatoms. The largest absolute Gasteiger partial charge is 0.389 e. The Hall–Kier alpha value is -1.43. The van der Waals surface area contributed by atoms with E-state index < -0.39 is 6.10 Å². The van der Waals surface area contributed by atoms with Crippen molar-refractivity contribution in [1.82, 2.24) is 4.90 Å². The van der Waals surface area contributed by atoms with E-state index in [1.54, 1.807) is 7.11 Å². The Bertz CT molecular complexity index is 409. The van der Waals surface area contributed by atoms with Crippen LogP contribution in [0.2, 0.25) is 0 Å². The lowest BCUT2D eigenvalue weighted by Gasteiger charge is -2.20. The Kier molecular flexibility index (Phi) is 6.49. The van der Waals surface area contributed by atoms with E-state index in [1.165, 1.54) is 6.92 Å². The highest BCUT2D eigenvalue weighted by Crippen LogP contribution is 2.12. The third-order valence-corrected chi connectivity index (χ3v) is 2.58. The van der Waals surface area contributed by atoms with Crippen LogP contribution in [0, 0.1) is 0 Å². The van der Waals surface area contributed by atoms with Gasteiger partial charge < -0.3 is 15.2 Å². The van der Waals surface area contributed by atoms with Gasteiger partial charge in [-0.15, -0.1) is 0 Å². The van der Waals surface area contributed by atoms with Crippen LogP contribution in [0.25, 0.3) is 0 Å². The van der Waals surface area contributed by atoms with E-state index >= 15 is 0 Å². The van der Waals surface area contributed by atoms with Gasteiger partial charge in [0.25, 0.3) is 0 Å². The fourth-order valence-electron chi connectivity index (χ4n) is 1.93. The minimum atomic E-state index is -0.492. The molecule has 0 fully saturated rings. The van der Waals surface area contributed by atoms with Gasteiger partial charge in [0, 0.05) is 32.8 Å². The van der Waals surface area contributed by atoms with Crippen LogP contribution in [0.5, 0.6) is 0 Å². The van der Waals surface area contributed by atoms with Crippen molar-refractivity contribution in [3.63, 3.8) is 0 Å². The van der Waals surface area contributed by atoms with Crippen molar-refractivity contribution in [3.05, 3.63) is 29.8 Å². The van der Waals surface area contributed by atoms with E-state index in [0.29, 0.717) is 19.7 Å². The normalized spacial score (nSPS) is 12.5. The van der Waals surface area contributed by atoms with Gasteiger partial charge in [-0.05, 0) is 24.7 Å². The highest BCUT2D eigenvalue weighted by atomic mass is 16.5. The van der Waals surface area contributed by atoms with Crippen LogP contribution < -0.4 is 5.32 Å². The molecule has 0 aliphatic rings. The number of likely N-dealkylation sites (N-methyl/N-ethyl adjacent to an activating group) is 1. The number of nitrogens with one attached hydrogen (secondary N) is 1. The molecule has 0 bridgehead atoms. The maximum atomic E-state index is 11.0. The standard InChI is InChI=1S/C14H22N2O3/c1-11(17)15-13-6-4-5-12(7-13)8-16(2)9-14(18)10-19-3/h4-7,14,18H,8-10H2,1-3H3,(H,15,17)/t14-/m1/s1. The number of hydrogen-bond donors (Lipinski definition) is 2. The predicted octanol–water partition coefficient (Wildman–Crippen LogP) is 1.08. The van der Waals surface area contributed by atoms with E-state index in [1.807, 2.05) is 36.2 Å². The van der Waals surface area contributed by atoms with E-state index in [2.05, 4.69) is 5.32 Å². The number of hydrogen-bond acceptors (Lipinski definition) is 4. The molecule has 0 heterocycles. The molecule has 1 aromatic carbocycles. The zero-order chi connectivity index (χ0) is 14.3. The van der Waals surface area contributed by atoms with Crippen molar-refractivity contribution in [2.45, 2.75) is 19.6 Å². The van der Waals surface area contributed by atoms with Gasteiger partial charge in [-0.25, -0.2) is 0 Å². The molecule has 0 saturated heterocycles. The van der Waals surface area contributed by atoms with Gasteiger partial charge >= 0.3 is 0 Å². The molecule has 0 aromatic heterocycles. The fourth-order valence-corrected chi connectivity index (χ4v) is 1.93. The average molecular weight is 266 g/mol. The predicted molar refractivity (Wildman–Crippen MR) is 75.0 cm³/mol. The number of amides is 1. The lowest BCUT2D eigenvalue weighted by Crippen LogP contribution is -2.31. The molecule has 106 valence electrons. The number of ether oxygens (including phenoxy) is 1. The summed E-state index contributed by atoms with van der Waals surface area (Å²) in [6, 6.07) is 7.68. The van der Waals surface area contributed by atoms with E-state index in [-0.39, 0.29) is 5.91 Å². The van der Waals surface area contributed by atoms with Crippen LogP contribution in [0.4, 0.5) is 5.69 Å². The molecule has 1 atom stereocenters. The Morgan fingerprint density at radius 3 is 2.89 bits per heavy atom. The monoisotopic (exact) mass is 266 g/mol. The van der Waals surface area contributed by atoms with Crippen molar-refractivity contribution in [1.29, 1.82) is 0 Å². The molecule has 0 aliphatic carbocycles. The molecule has 0 radical (unpaired) electrons. The molecular weight excluding hydrogens is 244 g/mol. The van der Waals surface area contributed by atoms with Gasteiger partial charge in [0.2, 0.25) is 5.91 Å². The molecule has 1 aromatic rings. The zero-order valence-electron chi connectivity index (χ0n) is 11.7. The number of carbonyl (C=O) groups is 1. The fraction of sp³-hybridized carbons (Fsp3) is 0.500. The molecule has 19 heavy (non-hydrogen) atoms. The minimum absolute atomic E-state index is 0.0824. The van der Waals surface area contributed by atoms with Gasteiger partial charge in [0.15, 0.2) is 0 Å². The first-order chi connectivity index (χ1) is 9.01. The summed E-state index contributed by atoms with van der Waals surface area (Å²) >= 11 is 0. The Labute approximate surface area is 114 Å². The first-order valence-corrected chi connectivity index (χ1v) is 6.23. The highest BCUT2D eigenvalue weighted by Gasteiger charge is 2.08. The van der Waals surface area contributed by atoms with Crippen molar-refractivity contribution >= 4 is 11.6 Å². The first-order valence-electron chi connectivity index (χ1n) is 6.23. The van der Waals surface area contributed by atoms with Crippen LogP contribution in [-0.2, 0) is 16.1 Å². The van der Waals surface area contributed by atoms with Crippen molar-refractivity contribution < 1.29 is 14.6 Å². The summed E-state index contributed by atoms with van der Waals surface area (Å²) < 4.78 is 4.89. The van der Waals surface area contributed by atoms with Crippen LogP contribution in [0.1, 0.15) is 12.5 Å². The number of nitrogens with zero attached hydrogens (tertiary/aromatic N) is 1. The Morgan fingerprint density at radius 1 is 1.53 bits per heavy atom. The van der Waals surface area contributed by atoms with Crippen molar-refractivity contribution in [2.75, 3.05) is 32.6 Å². The second kappa shape index (κ2) is 7.89. The summed E-state index contributed by atoms with van der Waals surface area (Å²) in [4.78, 5) is 13.0. The summed E-state index contributed by atoms with van der Waals surface area (Å²) in [7, 11) is 3.50. The Balaban J connectivity index is 2.54. The van der Waals surface area contributed by atoms with Crippen LogP contribution in [0.3, 0.4) is 0 Å². The summed E-state index contributed by atoms with van der Waals surface area (Å²) in [5.41, 5.74) is 1.87. The lowest BCUT2D eigenvalue weighted by molar-refractivity contribution is -0.114. The van der Waals surface area contributed by atoms with Crippen LogP contribution >= 0.6 is 0 Å². The number of aliphatic hydroxyl groups excluding tert-OH is 1. The quantitative estimate of drug-likeness (QED) is 0.775. The Morgan fingerprint density at radius 2 is 2.26 bits per heavy atom. The molecular formula is C14H22N2O3. The average Bonchev–Trinajstić information content (AvgIpc) is 2.28. The van der Waals surface area contributed by atoms with Crippen LogP contribution in [0.15, 0.2) is 24.3 Å². The third kappa shape index (κ3) is 6.33. The van der Waals surface area contributed by atoms with Gasteiger partial charge in [0.05, 0.1) is 12.7 Å². The van der Waals surface area contributed by atoms with E-state index in [4.69, 9.17) is 4.74 Å². The highest BCUT2D eigenvalue weighted by molar-refractivity contribution is 5.88. The van der Waals surface area contributed by atoms with Gasteiger partial charge in [-0.2, -0.15) is 0 Å². The number of rotatable bonds is 7. The molecule has 1 amide bonds. The number of anilines is 1. The SMILES string of the molecule is COC[C@H](O)CN(C)Cc1cccc(NC(C)=O)c1. The number of aliphatic hydroxyl groups is 1. The molecule has 2 N–H and O–H groups in total. The third-order valence-electron chi connectivity index (χ3n) is 2.58. The molecule has 0 unspecified atom stereocenters. The maximum absolute atomic E-state index is 11.0. The van der Waals surface area contributed by atoms with E-state index in [9.17, 15) is 9.90 Å². The minimum Gasteiger partial charge on any atom is -0.389 e. The second-order valence-corrected chi connectivity index (χ2v) is 4.69. The molecule has 0 aliphatic heterocycles. The molecule has 1 rings (SSSR count). The number of carbonyl (C=O) groups excluding carboxylic acids is 1. The second-order valence-electron chi connectivity index (χ2n) is 4.69. The van der Waals surface area contributed by atoms with Crippen molar-refractivity contribution in [2.24, 2.45) is 0 Å². The first kappa shape index (κ1) is 15.6. The van der Waals surface area contributed by atoms with E-state index in [0.717, 1.165) is 11.3 Å². The lowest BCUT2D eigenvalue weighted by atomic mass is 10.2. The zero-order valence-corrected chi connectivity index (χ0v) is 11.7. The smallest absolute Gasteiger partial charge is 0.221 e. The maximum Gasteiger partial charge on any atom is 0.221 e. The van der Waals surface area contributed by atoms with Gasteiger partial charge in [-0.1, -0.05) is 12.1 Å². The summed E-state index contributed by atoms with van der Waals surface area (Å²) in [5.74, 6) is -0.0824. The summed E-state index contributed by atoms with van der Waals surface area (Å²) in [6.45, 7) is 3.06.